The van der Waals surface area contributed by atoms with Gasteiger partial charge in [0.05, 0.1) is 17.7 Å². The average molecular weight is 348 g/mol. The average Bonchev–Trinajstić information content (AvgIpc) is 2.53. The van der Waals surface area contributed by atoms with Crippen molar-refractivity contribution in [3.63, 3.8) is 0 Å². The largest absolute Gasteiger partial charge is 0.507 e. The molecule has 0 fully saturated rings. The van der Waals surface area contributed by atoms with Crippen LogP contribution in [0.25, 0.3) is 0 Å². The first-order valence-electron chi connectivity index (χ1n) is 7.07. The van der Waals surface area contributed by atoms with E-state index in [1.807, 2.05) is 0 Å². The zero-order valence-corrected chi connectivity index (χ0v) is 13.7. The van der Waals surface area contributed by atoms with Gasteiger partial charge in [0.15, 0.2) is 5.78 Å². The fraction of sp³-hybridized carbons (Fsp3) is 0.176. The minimum Gasteiger partial charge on any atom is -0.507 e. The summed E-state index contributed by atoms with van der Waals surface area (Å²) < 4.78 is 27.0. The van der Waals surface area contributed by atoms with E-state index in [4.69, 9.17) is 4.74 Å². The Morgan fingerprint density at radius 2 is 1.75 bits per heavy atom. The molecule has 0 atom stereocenters. The minimum absolute atomic E-state index is 0.0376. The fourth-order valence-corrected chi connectivity index (χ4v) is 2.50. The highest BCUT2D eigenvalue weighted by atomic mass is 32.2. The molecule has 0 aliphatic heterocycles. The molecule has 24 heavy (non-hydrogen) atoms. The number of carbonyl (C=O) groups excluding carboxylic acids is 2. The SMILES string of the molecule is CS(=O)(=O)CCC(=O)Oc1ccc(C(=O)c2ccccc2)c(O)c1. The predicted octanol–water partition coefficient (Wildman–Crippen LogP) is 1.96. The highest BCUT2D eigenvalue weighted by molar-refractivity contribution is 7.90. The number of ether oxygens (including phenoxy) is 1. The van der Waals surface area contributed by atoms with Crippen LogP contribution in [0, 0.1) is 0 Å². The Hall–Kier alpha value is -2.67. The molecule has 126 valence electrons. The first-order valence-corrected chi connectivity index (χ1v) is 9.13. The van der Waals surface area contributed by atoms with Crippen molar-refractivity contribution in [2.75, 3.05) is 12.0 Å². The quantitative estimate of drug-likeness (QED) is 0.487. The standard InChI is InChI=1S/C17H16O6S/c1-24(21,22)10-9-16(19)23-13-7-8-14(15(18)11-13)17(20)12-5-3-2-4-6-12/h2-8,11,18H,9-10H2,1H3. The molecular weight excluding hydrogens is 332 g/mol. The second-order valence-electron chi connectivity index (χ2n) is 5.23. The van der Waals surface area contributed by atoms with E-state index >= 15 is 0 Å². The van der Waals surface area contributed by atoms with Crippen molar-refractivity contribution in [2.45, 2.75) is 6.42 Å². The van der Waals surface area contributed by atoms with Crippen LogP contribution >= 0.6 is 0 Å². The van der Waals surface area contributed by atoms with Gasteiger partial charge in [-0.1, -0.05) is 30.3 Å². The van der Waals surface area contributed by atoms with E-state index in [0.29, 0.717) is 5.56 Å². The van der Waals surface area contributed by atoms with Crippen LogP contribution in [0.2, 0.25) is 0 Å². The first-order chi connectivity index (χ1) is 11.3. The maximum absolute atomic E-state index is 12.3. The van der Waals surface area contributed by atoms with Gasteiger partial charge in [-0.05, 0) is 12.1 Å². The fourth-order valence-electron chi connectivity index (χ4n) is 1.96. The van der Waals surface area contributed by atoms with Crippen molar-refractivity contribution < 1.29 is 27.9 Å². The normalized spacial score (nSPS) is 11.0. The highest BCUT2D eigenvalue weighted by Gasteiger charge is 2.15. The van der Waals surface area contributed by atoms with Crippen LogP contribution in [0.15, 0.2) is 48.5 Å². The molecule has 0 aromatic heterocycles. The molecule has 1 N–H and O–H groups in total. The molecule has 0 heterocycles. The van der Waals surface area contributed by atoms with Crippen molar-refractivity contribution in [3.05, 3.63) is 59.7 Å². The summed E-state index contributed by atoms with van der Waals surface area (Å²) in [5.74, 6) is -1.69. The number of rotatable bonds is 6. The number of aromatic hydroxyl groups is 1. The Labute approximate surface area is 139 Å². The molecule has 0 unspecified atom stereocenters. The molecule has 6 nitrogen and oxygen atoms in total. The lowest BCUT2D eigenvalue weighted by molar-refractivity contribution is -0.133. The van der Waals surface area contributed by atoms with Crippen molar-refractivity contribution in [1.29, 1.82) is 0 Å². The monoisotopic (exact) mass is 348 g/mol. The first kappa shape index (κ1) is 17.7. The topological polar surface area (TPSA) is 97.7 Å². The molecule has 2 aromatic carbocycles. The summed E-state index contributed by atoms with van der Waals surface area (Å²) in [7, 11) is -3.26. The van der Waals surface area contributed by atoms with E-state index in [1.165, 1.54) is 12.1 Å². The molecule has 0 aliphatic rings. The lowest BCUT2D eigenvalue weighted by Crippen LogP contribution is -2.14. The van der Waals surface area contributed by atoms with E-state index in [2.05, 4.69) is 0 Å². The number of phenolic OH excluding ortho intramolecular Hbond substituents is 1. The van der Waals surface area contributed by atoms with Gasteiger partial charge in [-0.2, -0.15) is 0 Å². The maximum Gasteiger partial charge on any atom is 0.312 e. The van der Waals surface area contributed by atoms with Gasteiger partial charge in [0.25, 0.3) is 0 Å². The van der Waals surface area contributed by atoms with Crippen LogP contribution in [0.5, 0.6) is 11.5 Å². The Bertz CT molecular complexity index is 856. The molecule has 7 heteroatoms. The second kappa shape index (κ2) is 7.27. The number of benzene rings is 2. The molecule has 0 saturated heterocycles. The summed E-state index contributed by atoms with van der Waals surface area (Å²) in [6.07, 6.45) is 0.736. The number of hydrogen-bond donors (Lipinski definition) is 1. The lowest BCUT2D eigenvalue weighted by Gasteiger charge is -2.08. The van der Waals surface area contributed by atoms with E-state index in [1.54, 1.807) is 30.3 Å². The molecule has 0 spiro atoms. The summed E-state index contributed by atoms with van der Waals surface area (Å²) in [6.45, 7) is 0. The molecule has 0 radical (unpaired) electrons. The van der Waals surface area contributed by atoms with Crippen LogP contribution < -0.4 is 4.74 Å². The summed E-state index contributed by atoms with van der Waals surface area (Å²) in [5, 5.41) is 9.99. The summed E-state index contributed by atoms with van der Waals surface area (Å²) in [5.41, 5.74) is 0.503. The van der Waals surface area contributed by atoms with Gasteiger partial charge in [0.1, 0.15) is 21.3 Å². The molecule has 0 aliphatic carbocycles. The highest BCUT2D eigenvalue weighted by Crippen LogP contribution is 2.26. The number of hydrogen-bond acceptors (Lipinski definition) is 6. The van der Waals surface area contributed by atoms with Gasteiger partial charge in [0, 0.05) is 17.9 Å². The Morgan fingerprint density at radius 3 is 2.33 bits per heavy atom. The van der Waals surface area contributed by atoms with Gasteiger partial charge in [0.2, 0.25) is 0 Å². The van der Waals surface area contributed by atoms with Crippen LogP contribution in [0.3, 0.4) is 0 Å². The lowest BCUT2D eigenvalue weighted by atomic mass is 10.0. The Kier molecular flexibility index (Phi) is 5.35. The molecule has 2 aromatic rings. The third-order valence-corrected chi connectivity index (χ3v) is 4.10. The van der Waals surface area contributed by atoms with Crippen molar-refractivity contribution >= 4 is 21.6 Å². The number of sulfone groups is 1. The van der Waals surface area contributed by atoms with Crippen molar-refractivity contribution in [2.24, 2.45) is 0 Å². The van der Waals surface area contributed by atoms with Crippen LogP contribution in [0.1, 0.15) is 22.3 Å². The van der Waals surface area contributed by atoms with Gasteiger partial charge < -0.3 is 9.84 Å². The van der Waals surface area contributed by atoms with E-state index < -0.39 is 15.8 Å². The van der Waals surface area contributed by atoms with Crippen molar-refractivity contribution in [3.8, 4) is 11.5 Å². The molecule has 2 rings (SSSR count). The number of phenols is 1. The maximum atomic E-state index is 12.3. The minimum atomic E-state index is -3.26. The Balaban J connectivity index is 2.10. The number of esters is 1. The van der Waals surface area contributed by atoms with Crippen LogP contribution in [0.4, 0.5) is 0 Å². The summed E-state index contributed by atoms with van der Waals surface area (Å²) in [6, 6.07) is 12.3. The zero-order chi connectivity index (χ0) is 17.7. The van der Waals surface area contributed by atoms with E-state index in [9.17, 15) is 23.1 Å². The Morgan fingerprint density at radius 1 is 1.08 bits per heavy atom. The number of ketones is 1. The molecule has 0 bridgehead atoms. The molecule has 0 amide bonds. The van der Waals surface area contributed by atoms with E-state index in [0.717, 1.165) is 12.3 Å². The second-order valence-corrected chi connectivity index (χ2v) is 7.49. The smallest absolute Gasteiger partial charge is 0.312 e. The summed E-state index contributed by atoms with van der Waals surface area (Å²) >= 11 is 0. The number of carbonyl (C=O) groups is 2. The third kappa shape index (κ3) is 4.92. The molecule has 0 saturated carbocycles. The zero-order valence-electron chi connectivity index (χ0n) is 12.9. The van der Waals surface area contributed by atoms with Crippen LogP contribution in [-0.4, -0.2) is 37.3 Å². The van der Waals surface area contributed by atoms with E-state index in [-0.39, 0.29) is 35.0 Å². The van der Waals surface area contributed by atoms with Crippen LogP contribution in [-0.2, 0) is 14.6 Å². The van der Waals surface area contributed by atoms with Gasteiger partial charge in [-0.15, -0.1) is 0 Å². The predicted molar refractivity (Wildman–Crippen MR) is 87.9 cm³/mol. The van der Waals surface area contributed by atoms with Crippen molar-refractivity contribution in [1.82, 2.24) is 0 Å². The summed E-state index contributed by atoms with van der Waals surface area (Å²) in [4.78, 5) is 23.9. The van der Waals surface area contributed by atoms with Gasteiger partial charge in [-0.25, -0.2) is 8.42 Å². The van der Waals surface area contributed by atoms with Gasteiger partial charge >= 0.3 is 5.97 Å². The van der Waals surface area contributed by atoms with Gasteiger partial charge in [-0.3, -0.25) is 9.59 Å². The third-order valence-electron chi connectivity index (χ3n) is 3.16. The molecular formula is C17H16O6S.